The van der Waals surface area contributed by atoms with Crippen LogP contribution in [-0.4, -0.2) is 23.0 Å². The van der Waals surface area contributed by atoms with Gasteiger partial charge in [-0.15, -0.1) is 0 Å². The Morgan fingerprint density at radius 1 is 1.14 bits per heavy atom. The van der Waals surface area contributed by atoms with E-state index in [0.29, 0.717) is 5.75 Å². The van der Waals surface area contributed by atoms with Crippen LogP contribution in [-0.2, 0) is 21.3 Å². The molecule has 0 saturated heterocycles. The quantitative estimate of drug-likeness (QED) is 0.888. The summed E-state index contributed by atoms with van der Waals surface area (Å²) < 4.78 is 17.0. The fourth-order valence-electron chi connectivity index (χ4n) is 2.08. The molecule has 0 bridgehead atoms. The zero-order chi connectivity index (χ0) is 15.2. The number of carbonyl (C=O) groups is 1. The lowest BCUT2D eigenvalue weighted by atomic mass is 10.0. The fraction of sp³-hybridized carbons (Fsp3) is 0.188. The molecule has 2 aromatic rings. The molecule has 5 heteroatoms. The van der Waals surface area contributed by atoms with E-state index in [0.717, 1.165) is 22.4 Å². The maximum absolute atomic E-state index is 11.9. The van der Waals surface area contributed by atoms with Crippen LogP contribution in [0.4, 0.5) is 0 Å². The molecule has 0 aliphatic carbocycles. The average molecular weight is 303 g/mol. The van der Waals surface area contributed by atoms with Gasteiger partial charge < -0.3 is 10.5 Å². The lowest BCUT2D eigenvalue weighted by molar-refractivity contribution is -0.115. The van der Waals surface area contributed by atoms with E-state index in [1.807, 2.05) is 48.5 Å². The van der Waals surface area contributed by atoms with Crippen molar-refractivity contribution in [2.45, 2.75) is 5.75 Å². The number of nitrogens with two attached hydrogens (primary N) is 1. The Morgan fingerprint density at radius 3 is 2.43 bits per heavy atom. The molecular formula is C16H17NO3S. The van der Waals surface area contributed by atoms with Crippen LogP contribution >= 0.6 is 0 Å². The number of hydrogen-bond donors (Lipinski definition) is 1. The minimum atomic E-state index is -1.29. The van der Waals surface area contributed by atoms with Crippen molar-refractivity contribution in [1.29, 1.82) is 0 Å². The molecule has 0 aliphatic rings. The van der Waals surface area contributed by atoms with Gasteiger partial charge in [0.2, 0.25) is 5.91 Å². The van der Waals surface area contributed by atoms with Gasteiger partial charge in [-0.2, -0.15) is 0 Å². The summed E-state index contributed by atoms with van der Waals surface area (Å²) in [5.74, 6) is 0.436. The number of hydrogen-bond acceptors (Lipinski definition) is 3. The molecule has 1 atom stereocenters. The van der Waals surface area contributed by atoms with Crippen LogP contribution in [0.25, 0.3) is 11.1 Å². The highest BCUT2D eigenvalue weighted by Gasteiger charge is 2.10. The average Bonchev–Trinajstić information content (AvgIpc) is 2.47. The third-order valence-electron chi connectivity index (χ3n) is 3.04. The normalized spacial score (nSPS) is 11.9. The van der Waals surface area contributed by atoms with Crippen LogP contribution < -0.4 is 10.5 Å². The Labute approximate surface area is 126 Å². The second-order valence-electron chi connectivity index (χ2n) is 4.58. The van der Waals surface area contributed by atoms with E-state index in [9.17, 15) is 9.00 Å². The van der Waals surface area contributed by atoms with E-state index in [1.165, 1.54) is 0 Å². The summed E-state index contributed by atoms with van der Waals surface area (Å²) in [4.78, 5) is 10.8. The van der Waals surface area contributed by atoms with Gasteiger partial charge in [-0.1, -0.05) is 36.4 Å². The number of amides is 1. The molecule has 110 valence electrons. The second kappa shape index (κ2) is 7.04. The van der Waals surface area contributed by atoms with Gasteiger partial charge in [-0.25, -0.2) is 0 Å². The van der Waals surface area contributed by atoms with Gasteiger partial charge in [0.05, 0.1) is 7.11 Å². The highest BCUT2D eigenvalue weighted by Crippen LogP contribution is 2.26. The third kappa shape index (κ3) is 4.16. The van der Waals surface area contributed by atoms with Gasteiger partial charge >= 0.3 is 0 Å². The van der Waals surface area contributed by atoms with Gasteiger partial charge in [0.15, 0.2) is 0 Å². The lowest BCUT2D eigenvalue weighted by Gasteiger charge is -2.10. The first-order valence-corrected chi connectivity index (χ1v) is 7.94. The highest BCUT2D eigenvalue weighted by molar-refractivity contribution is 7.84. The van der Waals surface area contributed by atoms with E-state index in [4.69, 9.17) is 10.5 Å². The van der Waals surface area contributed by atoms with Crippen LogP contribution in [0.15, 0.2) is 48.5 Å². The van der Waals surface area contributed by atoms with E-state index < -0.39 is 16.7 Å². The van der Waals surface area contributed by atoms with Crippen molar-refractivity contribution in [3.63, 3.8) is 0 Å². The Hall–Kier alpha value is -2.14. The molecule has 2 rings (SSSR count). The largest absolute Gasteiger partial charge is 0.497 e. The smallest absolute Gasteiger partial charge is 0.230 e. The first kappa shape index (κ1) is 15.3. The Balaban J connectivity index is 2.27. The molecule has 0 spiro atoms. The molecule has 0 fully saturated rings. The zero-order valence-electron chi connectivity index (χ0n) is 11.7. The van der Waals surface area contributed by atoms with E-state index in [1.54, 1.807) is 7.11 Å². The van der Waals surface area contributed by atoms with Crippen LogP contribution in [0.1, 0.15) is 5.56 Å². The molecule has 2 N–H and O–H groups in total. The van der Waals surface area contributed by atoms with Crippen molar-refractivity contribution >= 4 is 16.7 Å². The highest BCUT2D eigenvalue weighted by atomic mass is 32.2. The Kier molecular flexibility index (Phi) is 5.11. The summed E-state index contributed by atoms with van der Waals surface area (Å²) in [6.45, 7) is 0. The summed E-state index contributed by atoms with van der Waals surface area (Å²) in [7, 11) is 0.331. The molecule has 4 nitrogen and oxygen atoms in total. The molecule has 2 aromatic carbocycles. The minimum Gasteiger partial charge on any atom is -0.497 e. The zero-order valence-corrected chi connectivity index (χ0v) is 12.6. The SMILES string of the molecule is COc1ccc(-c2ccccc2CS(=O)CC(N)=O)cc1. The van der Waals surface area contributed by atoms with E-state index in [-0.39, 0.29) is 5.75 Å². The predicted octanol–water partition coefficient (Wildman–Crippen LogP) is 2.10. The molecule has 0 saturated carbocycles. The fourth-order valence-corrected chi connectivity index (χ4v) is 3.10. The first-order valence-electron chi connectivity index (χ1n) is 6.46. The van der Waals surface area contributed by atoms with Crippen molar-refractivity contribution < 1.29 is 13.7 Å². The number of ether oxygens (including phenoxy) is 1. The molecule has 0 aliphatic heterocycles. The third-order valence-corrected chi connectivity index (χ3v) is 4.28. The van der Waals surface area contributed by atoms with E-state index in [2.05, 4.69) is 0 Å². The van der Waals surface area contributed by atoms with Crippen molar-refractivity contribution in [3.05, 3.63) is 54.1 Å². The van der Waals surface area contributed by atoms with Crippen molar-refractivity contribution in [2.24, 2.45) is 5.73 Å². The van der Waals surface area contributed by atoms with Gasteiger partial charge in [0.25, 0.3) is 0 Å². The molecule has 1 unspecified atom stereocenters. The summed E-state index contributed by atoms with van der Waals surface area (Å²) >= 11 is 0. The van der Waals surface area contributed by atoms with Gasteiger partial charge in [0.1, 0.15) is 11.5 Å². The number of primary amides is 1. The number of methoxy groups -OCH3 is 1. The van der Waals surface area contributed by atoms with Gasteiger partial charge in [0, 0.05) is 16.6 Å². The summed E-state index contributed by atoms with van der Waals surface area (Å²) in [6.07, 6.45) is 0. The number of carbonyl (C=O) groups excluding carboxylic acids is 1. The van der Waals surface area contributed by atoms with Crippen LogP contribution in [0.2, 0.25) is 0 Å². The Bertz CT molecular complexity index is 653. The van der Waals surface area contributed by atoms with Crippen molar-refractivity contribution in [3.8, 4) is 16.9 Å². The first-order chi connectivity index (χ1) is 10.1. The number of benzene rings is 2. The molecule has 0 aromatic heterocycles. The van der Waals surface area contributed by atoms with Crippen LogP contribution in [0.3, 0.4) is 0 Å². The molecule has 21 heavy (non-hydrogen) atoms. The van der Waals surface area contributed by atoms with E-state index >= 15 is 0 Å². The Morgan fingerprint density at radius 2 is 1.81 bits per heavy atom. The summed E-state index contributed by atoms with van der Waals surface area (Å²) in [5, 5.41) is 0. The summed E-state index contributed by atoms with van der Waals surface area (Å²) in [6, 6.07) is 15.4. The molecule has 1 amide bonds. The topological polar surface area (TPSA) is 69.4 Å². The van der Waals surface area contributed by atoms with Crippen molar-refractivity contribution in [2.75, 3.05) is 12.9 Å². The maximum atomic E-state index is 11.9. The lowest BCUT2D eigenvalue weighted by Crippen LogP contribution is -2.20. The van der Waals surface area contributed by atoms with Crippen LogP contribution in [0, 0.1) is 0 Å². The van der Waals surface area contributed by atoms with Gasteiger partial charge in [-0.3, -0.25) is 9.00 Å². The summed E-state index contributed by atoms with van der Waals surface area (Å²) in [5.41, 5.74) is 8.03. The number of rotatable bonds is 6. The van der Waals surface area contributed by atoms with Crippen molar-refractivity contribution in [1.82, 2.24) is 0 Å². The standard InChI is InChI=1S/C16H17NO3S/c1-20-14-8-6-12(7-9-14)15-5-3-2-4-13(15)10-21(19)11-16(17)18/h2-9H,10-11H2,1H3,(H2,17,18). The molecular weight excluding hydrogens is 286 g/mol. The van der Waals surface area contributed by atoms with Crippen LogP contribution in [0.5, 0.6) is 5.75 Å². The van der Waals surface area contributed by atoms with Gasteiger partial charge in [-0.05, 0) is 28.8 Å². The molecule has 0 heterocycles. The maximum Gasteiger partial charge on any atom is 0.230 e. The minimum absolute atomic E-state index is 0.114. The molecule has 0 radical (unpaired) electrons. The second-order valence-corrected chi connectivity index (χ2v) is 6.04. The predicted molar refractivity (Wildman–Crippen MR) is 84.3 cm³/mol. The monoisotopic (exact) mass is 303 g/mol.